The van der Waals surface area contributed by atoms with Crippen LogP contribution in [0.4, 0.5) is 4.39 Å². The molecule has 0 aliphatic rings. The molecule has 2 aromatic heterocycles. The summed E-state index contributed by atoms with van der Waals surface area (Å²) in [5, 5.41) is 8.93. The van der Waals surface area contributed by atoms with Crippen LogP contribution >= 0.6 is 0 Å². The van der Waals surface area contributed by atoms with Crippen molar-refractivity contribution in [2.45, 2.75) is 13.5 Å². The molecule has 3 rings (SSSR count). The van der Waals surface area contributed by atoms with Crippen LogP contribution in [0.3, 0.4) is 0 Å². The van der Waals surface area contributed by atoms with Crippen LogP contribution < -0.4 is 10.9 Å². The highest BCUT2D eigenvalue weighted by atomic mass is 19.1. The van der Waals surface area contributed by atoms with Crippen LogP contribution in [0.15, 0.2) is 47.7 Å². The van der Waals surface area contributed by atoms with Gasteiger partial charge in [-0.1, -0.05) is 0 Å². The second kappa shape index (κ2) is 6.45. The summed E-state index contributed by atoms with van der Waals surface area (Å²) in [5.41, 5.74) is 0.581. The van der Waals surface area contributed by atoms with Crippen molar-refractivity contribution < 1.29 is 9.18 Å². The summed E-state index contributed by atoms with van der Waals surface area (Å²) < 4.78 is 14.3. The molecule has 0 aliphatic carbocycles. The molecule has 2 N–H and O–H groups in total. The average Bonchev–Trinajstić information content (AvgIpc) is 3.08. The first-order valence-corrected chi connectivity index (χ1v) is 7.17. The van der Waals surface area contributed by atoms with Gasteiger partial charge in [-0.2, -0.15) is 5.10 Å². The van der Waals surface area contributed by atoms with Gasteiger partial charge in [0.1, 0.15) is 23.5 Å². The van der Waals surface area contributed by atoms with Gasteiger partial charge in [0.25, 0.3) is 11.5 Å². The van der Waals surface area contributed by atoms with Crippen molar-refractivity contribution in [1.82, 2.24) is 25.1 Å². The third kappa shape index (κ3) is 3.07. The van der Waals surface area contributed by atoms with Gasteiger partial charge in [0.2, 0.25) is 0 Å². The van der Waals surface area contributed by atoms with Crippen molar-refractivity contribution in [3.8, 4) is 5.69 Å². The van der Waals surface area contributed by atoms with Crippen molar-refractivity contribution in [2.75, 3.05) is 0 Å². The first-order chi connectivity index (χ1) is 11.6. The maximum absolute atomic E-state index is 13.0. The zero-order valence-electron chi connectivity index (χ0n) is 12.8. The number of rotatable bonds is 4. The average molecular weight is 327 g/mol. The van der Waals surface area contributed by atoms with Crippen LogP contribution in [0.25, 0.3) is 5.69 Å². The molecule has 0 fully saturated rings. The number of nitrogens with one attached hydrogen (secondary N) is 2. The number of hydrogen-bond acceptors (Lipinski definition) is 4. The van der Waals surface area contributed by atoms with E-state index in [1.165, 1.54) is 35.2 Å². The summed E-state index contributed by atoms with van der Waals surface area (Å²) in [6, 6.07) is 7.12. The minimum absolute atomic E-state index is 0.0290. The molecule has 0 radical (unpaired) electrons. The van der Waals surface area contributed by atoms with Gasteiger partial charge >= 0.3 is 0 Å². The fraction of sp³-hybridized carbons (Fsp3) is 0.125. The van der Waals surface area contributed by atoms with Gasteiger partial charge < -0.3 is 5.32 Å². The Balaban J connectivity index is 1.92. The number of aromatic amines is 1. The Labute approximate surface area is 136 Å². The molecule has 0 unspecified atom stereocenters. The van der Waals surface area contributed by atoms with Crippen LogP contribution in [-0.4, -0.2) is 25.7 Å². The molecular formula is C16H14FN5O2. The summed E-state index contributed by atoms with van der Waals surface area (Å²) in [5.74, 6) is -0.426. The van der Waals surface area contributed by atoms with Crippen LogP contribution in [-0.2, 0) is 6.54 Å². The van der Waals surface area contributed by atoms with Crippen molar-refractivity contribution in [2.24, 2.45) is 0 Å². The summed E-state index contributed by atoms with van der Waals surface area (Å²) in [7, 11) is 0. The number of carbonyl (C=O) groups is 1. The van der Waals surface area contributed by atoms with Crippen molar-refractivity contribution in [3.63, 3.8) is 0 Å². The first kappa shape index (κ1) is 15.6. The molecule has 1 aromatic carbocycles. The molecule has 2 heterocycles. The van der Waals surface area contributed by atoms with E-state index in [9.17, 15) is 14.0 Å². The number of H-pyrrole nitrogens is 1. The number of hydrogen-bond donors (Lipinski definition) is 2. The van der Waals surface area contributed by atoms with Crippen LogP contribution in [0.2, 0.25) is 0 Å². The molecule has 122 valence electrons. The van der Waals surface area contributed by atoms with Crippen molar-refractivity contribution >= 4 is 5.91 Å². The highest BCUT2D eigenvalue weighted by molar-refractivity contribution is 5.95. The zero-order chi connectivity index (χ0) is 17.1. The monoisotopic (exact) mass is 327 g/mol. The second-order valence-corrected chi connectivity index (χ2v) is 5.14. The number of halogens is 1. The lowest BCUT2D eigenvalue weighted by molar-refractivity contribution is 0.0947. The maximum atomic E-state index is 13.0. The molecule has 0 saturated carbocycles. The second-order valence-electron chi connectivity index (χ2n) is 5.14. The number of nitrogens with zero attached hydrogens (tertiary/aromatic N) is 3. The van der Waals surface area contributed by atoms with Gasteiger partial charge in [-0.25, -0.2) is 9.37 Å². The van der Waals surface area contributed by atoms with Crippen LogP contribution in [0.1, 0.15) is 21.7 Å². The van der Waals surface area contributed by atoms with E-state index in [1.807, 2.05) is 0 Å². The third-order valence-electron chi connectivity index (χ3n) is 3.51. The van der Waals surface area contributed by atoms with Crippen molar-refractivity contribution in [1.29, 1.82) is 0 Å². The smallest absolute Gasteiger partial charge is 0.268 e. The summed E-state index contributed by atoms with van der Waals surface area (Å²) in [6.07, 6.45) is 2.88. The van der Waals surface area contributed by atoms with E-state index < -0.39 is 17.3 Å². The van der Waals surface area contributed by atoms with Gasteiger partial charge in [-0.15, -0.1) is 0 Å². The first-order valence-electron chi connectivity index (χ1n) is 7.17. The zero-order valence-corrected chi connectivity index (χ0v) is 12.8. The molecule has 1 amide bonds. The standard InChI is InChI=1S/C16H14FN5O2/c1-10-6-7-22(12-4-2-11(17)3-5-12)16(24)14(10)15(23)18-8-13-19-9-20-21-13/h2-7,9H,8H2,1H3,(H,18,23)(H,19,20,21). The fourth-order valence-corrected chi connectivity index (χ4v) is 2.28. The van der Waals surface area contributed by atoms with Crippen molar-refractivity contribution in [3.05, 3.63) is 76.0 Å². The lowest BCUT2D eigenvalue weighted by Gasteiger charge is -2.11. The van der Waals surface area contributed by atoms with E-state index in [1.54, 1.807) is 19.2 Å². The number of benzene rings is 1. The Morgan fingerprint density at radius 1 is 1.29 bits per heavy atom. The normalized spacial score (nSPS) is 10.6. The minimum atomic E-state index is -0.509. The fourth-order valence-electron chi connectivity index (χ4n) is 2.28. The Morgan fingerprint density at radius 2 is 2.04 bits per heavy atom. The Hall–Kier alpha value is -3.29. The van der Waals surface area contributed by atoms with Crippen LogP contribution in [0.5, 0.6) is 0 Å². The minimum Gasteiger partial charge on any atom is -0.345 e. The van der Waals surface area contributed by atoms with E-state index >= 15 is 0 Å². The molecule has 0 aliphatic heterocycles. The Kier molecular flexibility index (Phi) is 4.19. The molecule has 24 heavy (non-hydrogen) atoms. The van der Waals surface area contributed by atoms with Gasteiger partial charge in [0, 0.05) is 11.9 Å². The largest absolute Gasteiger partial charge is 0.345 e. The lowest BCUT2D eigenvalue weighted by Crippen LogP contribution is -2.33. The lowest BCUT2D eigenvalue weighted by atomic mass is 10.1. The molecule has 0 spiro atoms. The van der Waals surface area contributed by atoms with Gasteiger partial charge in [-0.05, 0) is 42.8 Å². The van der Waals surface area contributed by atoms with E-state index in [0.29, 0.717) is 17.1 Å². The predicted octanol–water partition coefficient (Wildman–Crippen LogP) is 1.33. The molecule has 8 heteroatoms. The SMILES string of the molecule is Cc1ccn(-c2ccc(F)cc2)c(=O)c1C(=O)NCc1ncn[nH]1. The molecular weight excluding hydrogens is 313 g/mol. The number of aryl methyl sites for hydroxylation is 1. The van der Waals surface area contributed by atoms with Gasteiger partial charge in [0.15, 0.2) is 0 Å². The number of aromatic nitrogens is 4. The molecule has 3 aromatic rings. The third-order valence-corrected chi connectivity index (χ3v) is 3.51. The number of amides is 1. The molecule has 7 nitrogen and oxygen atoms in total. The highest BCUT2D eigenvalue weighted by Crippen LogP contribution is 2.09. The Morgan fingerprint density at radius 3 is 2.71 bits per heavy atom. The molecule has 0 saturated heterocycles. The van der Waals surface area contributed by atoms with Gasteiger partial charge in [-0.3, -0.25) is 19.3 Å². The summed E-state index contributed by atoms with van der Waals surface area (Å²) in [6.45, 7) is 1.81. The number of carbonyl (C=O) groups excluding carboxylic acids is 1. The number of pyridine rings is 1. The van der Waals surface area contributed by atoms with E-state index in [2.05, 4.69) is 20.5 Å². The summed E-state index contributed by atoms with van der Waals surface area (Å²) in [4.78, 5) is 28.9. The molecule has 0 bridgehead atoms. The maximum Gasteiger partial charge on any atom is 0.268 e. The topological polar surface area (TPSA) is 92.7 Å². The molecule has 0 atom stereocenters. The Bertz CT molecular complexity index is 917. The predicted molar refractivity (Wildman–Crippen MR) is 84.3 cm³/mol. The van der Waals surface area contributed by atoms with Crippen LogP contribution in [0, 0.1) is 12.7 Å². The van der Waals surface area contributed by atoms with E-state index in [0.717, 1.165) is 0 Å². The van der Waals surface area contributed by atoms with E-state index in [-0.39, 0.29) is 12.1 Å². The summed E-state index contributed by atoms with van der Waals surface area (Å²) >= 11 is 0. The van der Waals surface area contributed by atoms with E-state index in [4.69, 9.17) is 0 Å². The van der Waals surface area contributed by atoms with Gasteiger partial charge in [0.05, 0.1) is 6.54 Å². The highest BCUT2D eigenvalue weighted by Gasteiger charge is 2.16. The quantitative estimate of drug-likeness (QED) is 0.756.